The summed E-state index contributed by atoms with van der Waals surface area (Å²) in [6.45, 7) is -0.0315. The van der Waals surface area contributed by atoms with Crippen molar-refractivity contribution in [2.75, 3.05) is 11.9 Å². The molecule has 2 N–H and O–H groups in total. The lowest BCUT2D eigenvalue weighted by atomic mass is 10.00. The molecule has 1 amide bonds. The fourth-order valence-electron chi connectivity index (χ4n) is 2.17. The minimum atomic E-state index is -1.12. The number of rotatable bonds is 2. The number of halogens is 2. The molecule has 1 aliphatic rings. The number of carbonyl (C=O) groups is 1. The molecule has 21 heavy (non-hydrogen) atoms. The molecule has 0 radical (unpaired) electrons. The molecule has 1 atom stereocenters. The minimum absolute atomic E-state index is 0.0315. The second kappa shape index (κ2) is 5.46. The molecular weight excluding hydrogens is 341 g/mol. The highest BCUT2D eigenvalue weighted by atomic mass is 79.9. The van der Waals surface area contributed by atoms with Crippen molar-refractivity contribution in [2.24, 2.45) is 0 Å². The highest BCUT2D eigenvalue weighted by molar-refractivity contribution is 9.10. The molecule has 1 aliphatic heterocycles. The molecule has 1 heterocycles. The Bertz CT molecular complexity index is 720. The molecule has 4 nitrogen and oxygen atoms in total. The van der Waals surface area contributed by atoms with Gasteiger partial charge in [-0.2, -0.15) is 0 Å². The topological polar surface area (TPSA) is 58.6 Å². The molecule has 2 aromatic rings. The second-order valence-electron chi connectivity index (χ2n) is 4.66. The number of benzene rings is 2. The molecule has 2 aromatic carbocycles. The molecule has 0 saturated heterocycles. The first-order chi connectivity index (χ1) is 10.0. The van der Waals surface area contributed by atoms with Crippen LogP contribution in [-0.2, 0) is 4.79 Å². The van der Waals surface area contributed by atoms with E-state index in [1.165, 1.54) is 12.1 Å². The van der Waals surface area contributed by atoms with Crippen LogP contribution < -0.4 is 10.1 Å². The molecule has 1 unspecified atom stereocenters. The van der Waals surface area contributed by atoms with Gasteiger partial charge in [0.1, 0.15) is 17.7 Å². The van der Waals surface area contributed by atoms with Gasteiger partial charge in [0, 0.05) is 10.0 Å². The van der Waals surface area contributed by atoms with Crippen molar-refractivity contribution in [3.63, 3.8) is 0 Å². The summed E-state index contributed by atoms with van der Waals surface area (Å²) in [5, 5.41) is 13.0. The molecule has 108 valence electrons. The van der Waals surface area contributed by atoms with Crippen LogP contribution in [0.25, 0.3) is 0 Å². The maximum atomic E-state index is 13.9. The van der Waals surface area contributed by atoms with E-state index in [0.29, 0.717) is 21.5 Å². The normalized spacial score (nSPS) is 14.9. The summed E-state index contributed by atoms with van der Waals surface area (Å²) in [5.74, 6) is -0.235. The molecule has 0 aliphatic carbocycles. The average Bonchev–Trinajstić information content (AvgIpc) is 2.46. The fraction of sp³-hybridized carbons (Fsp3) is 0.133. The Kier molecular flexibility index (Phi) is 3.65. The molecule has 0 saturated carbocycles. The lowest BCUT2D eigenvalue weighted by Crippen LogP contribution is -2.25. The van der Waals surface area contributed by atoms with Gasteiger partial charge in [0.15, 0.2) is 6.61 Å². The van der Waals surface area contributed by atoms with E-state index in [1.54, 1.807) is 24.3 Å². The first kappa shape index (κ1) is 14.0. The third-order valence-corrected chi connectivity index (χ3v) is 3.70. The Morgan fingerprint density at radius 1 is 1.29 bits per heavy atom. The van der Waals surface area contributed by atoms with Gasteiger partial charge in [0.2, 0.25) is 0 Å². The lowest BCUT2D eigenvalue weighted by molar-refractivity contribution is -0.118. The Hall–Kier alpha value is -1.92. The van der Waals surface area contributed by atoms with E-state index >= 15 is 0 Å². The number of amides is 1. The van der Waals surface area contributed by atoms with Crippen LogP contribution in [-0.4, -0.2) is 17.6 Å². The summed E-state index contributed by atoms with van der Waals surface area (Å²) in [5.41, 5.74) is 1.11. The van der Waals surface area contributed by atoms with Gasteiger partial charge < -0.3 is 15.2 Å². The molecule has 0 fully saturated rings. The zero-order valence-electron chi connectivity index (χ0n) is 10.8. The first-order valence-corrected chi connectivity index (χ1v) is 7.03. The van der Waals surface area contributed by atoms with Gasteiger partial charge in [0.05, 0.1) is 5.69 Å². The van der Waals surface area contributed by atoms with E-state index in [0.717, 1.165) is 0 Å². The van der Waals surface area contributed by atoms with Crippen molar-refractivity contribution in [2.45, 2.75) is 6.10 Å². The smallest absolute Gasteiger partial charge is 0.262 e. The van der Waals surface area contributed by atoms with E-state index in [2.05, 4.69) is 21.2 Å². The van der Waals surface area contributed by atoms with E-state index in [9.17, 15) is 14.3 Å². The number of fused-ring (bicyclic) bond motifs is 1. The maximum Gasteiger partial charge on any atom is 0.262 e. The van der Waals surface area contributed by atoms with Gasteiger partial charge in [-0.3, -0.25) is 4.79 Å². The van der Waals surface area contributed by atoms with Gasteiger partial charge in [-0.25, -0.2) is 4.39 Å². The molecule has 0 aromatic heterocycles. The Morgan fingerprint density at radius 2 is 2.10 bits per heavy atom. The third kappa shape index (κ3) is 2.77. The Labute approximate surface area is 128 Å². The SMILES string of the molecule is O=C1COc2ccc(C(O)c3ccc(Br)cc3F)cc2N1. The van der Waals surface area contributed by atoms with Crippen molar-refractivity contribution < 1.29 is 19.0 Å². The Morgan fingerprint density at radius 3 is 2.86 bits per heavy atom. The van der Waals surface area contributed by atoms with Crippen molar-refractivity contribution in [1.82, 2.24) is 0 Å². The van der Waals surface area contributed by atoms with Crippen LogP contribution >= 0.6 is 15.9 Å². The van der Waals surface area contributed by atoms with Crippen LogP contribution in [0.5, 0.6) is 5.75 Å². The van der Waals surface area contributed by atoms with Crippen molar-refractivity contribution in [1.29, 1.82) is 0 Å². The maximum absolute atomic E-state index is 13.9. The highest BCUT2D eigenvalue weighted by Crippen LogP contribution is 2.33. The average molecular weight is 352 g/mol. The molecule has 3 rings (SSSR count). The predicted molar refractivity (Wildman–Crippen MR) is 78.7 cm³/mol. The summed E-state index contributed by atoms with van der Waals surface area (Å²) in [6.07, 6.45) is -1.12. The number of aliphatic hydroxyl groups is 1. The van der Waals surface area contributed by atoms with E-state index in [-0.39, 0.29) is 18.1 Å². The van der Waals surface area contributed by atoms with Crippen LogP contribution in [0, 0.1) is 5.82 Å². The van der Waals surface area contributed by atoms with Crippen molar-refractivity contribution in [3.8, 4) is 5.75 Å². The van der Waals surface area contributed by atoms with Gasteiger partial charge in [-0.1, -0.05) is 28.1 Å². The van der Waals surface area contributed by atoms with Gasteiger partial charge in [-0.05, 0) is 29.8 Å². The van der Waals surface area contributed by atoms with Crippen LogP contribution in [0.2, 0.25) is 0 Å². The van der Waals surface area contributed by atoms with Crippen molar-refractivity contribution >= 4 is 27.5 Å². The molecular formula is C15H11BrFNO3. The monoisotopic (exact) mass is 351 g/mol. The first-order valence-electron chi connectivity index (χ1n) is 6.24. The number of aliphatic hydroxyl groups excluding tert-OH is 1. The number of hydrogen-bond acceptors (Lipinski definition) is 3. The van der Waals surface area contributed by atoms with Crippen LogP contribution in [0.3, 0.4) is 0 Å². The van der Waals surface area contributed by atoms with E-state index < -0.39 is 11.9 Å². The summed E-state index contributed by atoms with van der Waals surface area (Å²) in [7, 11) is 0. The van der Waals surface area contributed by atoms with Gasteiger partial charge in [-0.15, -0.1) is 0 Å². The standard InChI is InChI=1S/C15H11BrFNO3/c16-9-2-3-10(11(17)6-9)15(20)8-1-4-13-12(5-8)18-14(19)7-21-13/h1-6,15,20H,7H2,(H,18,19). The number of anilines is 1. The summed E-state index contributed by atoms with van der Waals surface area (Å²) >= 11 is 3.17. The van der Waals surface area contributed by atoms with E-state index in [1.807, 2.05) is 0 Å². The molecule has 0 bridgehead atoms. The largest absolute Gasteiger partial charge is 0.482 e. The zero-order valence-corrected chi connectivity index (χ0v) is 12.4. The lowest BCUT2D eigenvalue weighted by Gasteiger charge is -2.20. The molecule has 0 spiro atoms. The van der Waals surface area contributed by atoms with Crippen LogP contribution in [0.15, 0.2) is 40.9 Å². The quantitative estimate of drug-likeness (QED) is 0.874. The minimum Gasteiger partial charge on any atom is -0.482 e. The van der Waals surface area contributed by atoms with Crippen LogP contribution in [0.1, 0.15) is 17.2 Å². The third-order valence-electron chi connectivity index (χ3n) is 3.21. The highest BCUT2D eigenvalue weighted by Gasteiger charge is 2.20. The Balaban J connectivity index is 1.96. The number of ether oxygens (including phenoxy) is 1. The number of carbonyl (C=O) groups excluding carboxylic acids is 1. The summed E-state index contributed by atoms with van der Waals surface area (Å²) in [6, 6.07) is 9.33. The molecule has 6 heteroatoms. The van der Waals surface area contributed by atoms with Gasteiger partial charge in [0.25, 0.3) is 5.91 Å². The second-order valence-corrected chi connectivity index (χ2v) is 5.58. The summed E-state index contributed by atoms with van der Waals surface area (Å²) < 4.78 is 19.7. The van der Waals surface area contributed by atoms with E-state index in [4.69, 9.17) is 4.74 Å². The van der Waals surface area contributed by atoms with Crippen molar-refractivity contribution in [3.05, 3.63) is 57.8 Å². The fourth-order valence-corrected chi connectivity index (χ4v) is 2.51. The zero-order chi connectivity index (χ0) is 15.0. The van der Waals surface area contributed by atoms with Crippen LogP contribution in [0.4, 0.5) is 10.1 Å². The summed E-state index contributed by atoms with van der Waals surface area (Å²) in [4.78, 5) is 11.3. The number of nitrogens with one attached hydrogen (secondary N) is 1. The predicted octanol–water partition coefficient (Wildman–Crippen LogP) is 3.00. The number of hydrogen-bond donors (Lipinski definition) is 2. The van der Waals surface area contributed by atoms with Gasteiger partial charge >= 0.3 is 0 Å².